The standard InChI is InChI=1S/C11H12F3N3O4S/c1-5-4-16(2-3-17(5)10(20)21)7-6(8(18)19)15-9(22-7)11(12,13)14/h5H,2-4H2,1H3,(H,18,19)(H,20,21)/t5-/m1/s1. The molecule has 1 amide bonds. The van der Waals surface area contributed by atoms with E-state index in [1.807, 2.05) is 0 Å². The number of piperazine rings is 1. The Kier molecular flexibility index (Phi) is 4.18. The van der Waals surface area contributed by atoms with Crippen LogP contribution in [0.1, 0.15) is 22.4 Å². The van der Waals surface area contributed by atoms with Crippen LogP contribution in [0.5, 0.6) is 0 Å². The number of carbonyl (C=O) groups is 2. The zero-order valence-corrected chi connectivity index (χ0v) is 12.1. The number of hydrogen-bond donors (Lipinski definition) is 2. The second-order valence-corrected chi connectivity index (χ2v) is 5.72. The number of alkyl halides is 3. The van der Waals surface area contributed by atoms with Crippen molar-refractivity contribution < 1.29 is 33.0 Å². The monoisotopic (exact) mass is 339 g/mol. The second-order valence-electron chi connectivity index (χ2n) is 4.75. The van der Waals surface area contributed by atoms with Gasteiger partial charge in [0, 0.05) is 25.7 Å². The molecule has 1 atom stereocenters. The summed E-state index contributed by atoms with van der Waals surface area (Å²) in [5.41, 5.74) is -0.659. The molecule has 1 aliphatic rings. The number of aromatic nitrogens is 1. The summed E-state index contributed by atoms with van der Waals surface area (Å²) in [5, 5.41) is 16.7. The van der Waals surface area contributed by atoms with Crippen LogP contribution in [0, 0.1) is 0 Å². The molecule has 2 rings (SSSR count). The lowest BCUT2D eigenvalue weighted by atomic mass is 10.2. The minimum absolute atomic E-state index is 0.0782. The first-order chi connectivity index (χ1) is 10.1. The summed E-state index contributed by atoms with van der Waals surface area (Å²) in [6.07, 6.45) is -5.84. The number of rotatable bonds is 2. The van der Waals surface area contributed by atoms with Gasteiger partial charge in [-0.15, -0.1) is 0 Å². The van der Waals surface area contributed by atoms with E-state index in [-0.39, 0.29) is 36.0 Å². The number of halogens is 3. The van der Waals surface area contributed by atoms with Crippen molar-refractivity contribution >= 4 is 28.4 Å². The Balaban J connectivity index is 2.31. The van der Waals surface area contributed by atoms with Crippen LogP contribution in [0.3, 0.4) is 0 Å². The third-order valence-corrected chi connectivity index (χ3v) is 4.38. The van der Waals surface area contributed by atoms with E-state index in [1.54, 1.807) is 6.92 Å². The van der Waals surface area contributed by atoms with E-state index in [1.165, 1.54) is 4.90 Å². The van der Waals surface area contributed by atoms with Crippen LogP contribution in [0.15, 0.2) is 0 Å². The van der Waals surface area contributed by atoms with Gasteiger partial charge in [0.2, 0.25) is 5.01 Å². The molecule has 1 fully saturated rings. The summed E-state index contributed by atoms with van der Waals surface area (Å²) in [7, 11) is 0. The van der Waals surface area contributed by atoms with Gasteiger partial charge in [0.15, 0.2) is 5.69 Å². The Morgan fingerprint density at radius 3 is 2.41 bits per heavy atom. The van der Waals surface area contributed by atoms with E-state index < -0.39 is 35.0 Å². The van der Waals surface area contributed by atoms with Crippen molar-refractivity contribution in [2.45, 2.75) is 19.1 Å². The Hall–Kier alpha value is -2.04. The second kappa shape index (κ2) is 5.63. The minimum Gasteiger partial charge on any atom is -0.476 e. The third kappa shape index (κ3) is 3.08. The summed E-state index contributed by atoms with van der Waals surface area (Å²) in [5.74, 6) is -1.55. The van der Waals surface area contributed by atoms with E-state index >= 15 is 0 Å². The van der Waals surface area contributed by atoms with Crippen molar-refractivity contribution in [3.8, 4) is 0 Å². The summed E-state index contributed by atoms with van der Waals surface area (Å²) in [4.78, 5) is 27.8. The van der Waals surface area contributed by atoms with Gasteiger partial charge in [-0.3, -0.25) is 0 Å². The number of anilines is 1. The summed E-state index contributed by atoms with van der Waals surface area (Å²) in [6.45, 7) is 1.89. The maximum absolute atomic E-state index is 12.7. The lowest BCUT2D eigenvalue weighted by Crippen LogP contribution is -2.53. The molecule has 1 aromatic rings. The molecule has 2 heterocycles. The van der Waals surface area contributed by atoms with Gasteiger partial charge in [0.25, 0.3) is 0 Å². The molecule has 7 nitrogen and oxygen atoms in total. The third-order valence-electron chi connectivity index (χ3n) is 3.21. The molecule has 2 N–H and O–H groups in total. The molecular weight excluding hydrogens is 327 g/mol. The van der Waals surface area contributed by atoms with Crippen molar-refractivity contribution in [1.82, 2.24) is 9.88 Å². The highest BCUT2D eigenvalue weighted by Crippen LogP contribution is 2.39. The van der Waals surface area contributed by atoms with E-state index in [0.717, 1.165) is 4.90 Å². The molecule has 0 saturated carbocycles. The highest BCUT2D eigenvalue weighted by atomic mass is 32.1. The molecule has 0 spiro atoms. The molecule has 11 heteroatoms. The maximum Gasteiger partial charge on any atom is 0.443 e. The predicted octanol–water partition coefficient (Wildman–Crippen LogP) is 2.05. The zero-order chi connectivity index (χ0) is 16.7. The highest BCUT2D eigenvalue weighted by Gasteiger charge is 2.39. The van der Waals surface area contributed by atoms with Gasteiger partial charge in [-0.2, -0.15) is 13.2 Å². The Labute approximate surface area is 126 Å². The largest absolute Gasteiger partial charge is 0.476 e. The van der Waals surface area contributed by atoms with Crippen molar-refractivity contribution in [1.29, 1.82) is 0 Å². The molecule has 1 aliphatic heterocycles. The van der Waals surface area contributed by atoms with Crippen LogP contribution < -0.4 is 4.90 Å². The number of carboxylic acid groups (broad SMARTS) is 2. The molecule has 0 radical (unpaired) electrons. The topological polar surface area (TPSA) is 94.0 Å². The first kappa shape index (κ1) is 16.3. The highest BCUT2D eigenvalue weighted by molar-refractivity contribution is 7.16. The van der Waals surface area contributed by atoms with Gasteiger partial charge in [-0.1, -0.05) is 11.3 Å². The van der Waals surface area contributed by atoms with Crippen LogP contribution >= 0.6 is 11.3 Å². The van der Waals surface area contributed by atoms with Crippen molar-refractivity contribution in [3.05, 3.63) is 10.7 Å². The predicted molar refractivity (Wildman–Crippen MR) is 70.5 cm³/mol. The Bertz CT molecular complexity index is 604. The van der Waals surface area contributed by atoms with E-state index in [2.05, 4.69) is 4.98 Å². The van der Waals surface area contributed by atoms with Gasteiger partial charge in [-0.25, -0.2) is 14.6 Å². The van der Waals surface area contributed by atoms with E-state index in [0.29, 0.717) is 0 Å². The molecule has 22 heavy (non-hydrogen) atoms. The first-order valence-corrected chi connectivity index (χ1v) is 6.98. The molecule has 0 bridgehead atoms. The number of carboxylic acids is 1. The lowest BCUT2D eigenvalue weighted by molar-refractivity contribution is -0.137. The van der Waals surface area contributed by atoms with E-state index in [9.17, 15) is 22.8 Å². The van der Waals surface area contributed by atoms with Crippen LogP contribution in [-0.2, 0) is 6.18 Å². The smallest absolute Gasteiger partial charge is 0.443 e. The van der Waals surface area contributed by atoms with Crippen LogP contribution in [-0.4, -0.2) is 57.8 Å². The molecule has 0 aliphatic carbocycles. The number of hydrogen-bond acceptors (Lipinski definition) is 5. The van der Waals surface area contributed by atoms with Gasteiger partial charge in [0.1, 0.15) is 5.00 Å². The summed E-state index contributed by atoms with van der Waals surface area (Å²) >= 11 is 0.256. The maximum atomic E-state index is 12.7. The Morgan fingerprint density at radius 1 is 1.32 bits per heavy atom. The number of thiazole rings is 1. The van der Waals surface area contributed by atoms with Crippen LogP contribution in [0.25, 0.3) is 0 Å². The number of nitrogens with zero attached hydrogens (tertiary/aromatic N) is 3. The number of amides is 1. The Morgan fingerprint density at radius 2 is 1.95 bits per heavy atom. The van der Waals surface area contributed by atoms with Crippen LogP contribution in [0.4, 0.5) is 23.0 Å². The fourth-order valence-corrected chi connectivity index (χ4v) is 3.17. The summed E-state index contributed by atoms with van der Waals surface area (Å²) < 4.78 is 38.1. The average Bonchev–Trinajstić information content (AvgIpc) is 2.82. The SMILES string of the molecule is C[C@@H]1CN(c2sc(C(F)(F)F)nc2C(=O)O)CCN1C(=O)O. The quantitative estimate of drug-likeness (QED) is 0.856. The zero-order valence-electron chi connectivity index (χ0n) is 11.3. The van der Waals surface area contributed by atoms with Gasteiger partial charge < -0.3 is 20.0 Å². The normalized spacial score (nSPS) is 19.4. The molecular formula is C11H12F3N3O4S. The first-order valence-electron chi connectivity index (χ1n) is 6.17. The molecule has 1 saturated heterocycles. The molecule has 0 unspecified atom stereocenters. The van der Waals surface area contributed by atoms with Crippen LogP contribution in [0.2, 0.25) is 0 Å². The molecule has 122 valence electrons. The minimum atomic E-state index is -4.72. The van der Waals surface area contributed by atoms with Gasteiger partial charge >= 0.3 is 18.2 Å². The number of aromatic carboxylic acids is 1. The van der Waals surface area contributed by atoms with Crippen molar-refractivity contribution in [2.75, 3.05) is 24.5 Å². The lowest BCUT2D eigenvalue weighted by Gasteiger charge is -2.38. The van der Waals surface area contributed by atoms with Crippen molar-refractivity contribution in [3.63, 3.8) is 0 Å². The average molecular weight is 339 g/mol. The molecule has 0 aromatic carbocycles. The summed E-state index contributed by atoms with van der Waals surface area (Å²) in [6, 6.07) is -0.468. The van der Waals surface area contributed by atoms with Gasteiger partial charge in [0.05, 0.1) is 0 Å². The van der Waals surface area contributed by atoms with Crippen molar-refractivity contribution in [2.24, 2.45) is 0 Å². The fourth-order valence-electron chi connectivity index (χ4n) is 2.21. The fraction of sp³-hybridized carbons (Fsp3) is 0.545. The van der Waals surface area contributed by atoms with E-state index in [4.69, 9.17) is 10.2 Å². The van der Waals surface area contributed by atoms with Gasteiger partial charge in [-0.05, 0) is 6.92 Å². The molecule has 1 aromatic heterocycles.